The summed E-state index contributed by atoms with van der Waals surface area (Å²) in [5.74, 6) is -0.0161. The van der Waals surface area contributed by atoms with E-state index in [-0.39, 0.29) is 18.2 Å². The highest BCUT2D eigenvalue weighted by molar-refractivity contribution is 5.89. The molecule has 0 saturated carbocycles. The molecule has 0 heterocycles. The second-order valence-electron chi connectivity index (χ2n) is 5.88. The van der Waals surface area contributed by atoms with Crippen molar-refractivity contribution in [3.05, 3.63) is 35.4 Å². The van der Waals surface area contributed by atoms with Crippen LogP contribution in [-0.2, 0) is 16.0 Å². The first-order valence-electron chi connectivity index (χ1n) is 6.65. The summed E-state index contributed by atoms with van der Waals surface area (Å²) in [6, 6.07) is 8.03. The molecule has 1 rings (SSSR count). The Kier molecular flexibility index (Phi) is 5.28. The quantitative estimate of drug-likeness (QED) is 0.885. The van der Waals surface area contributed by atoms with Crippen molar-refractivity contribution in [1.82, 2.24) is 5.32 Å². The molecule has 0 atom stereocenters. The third-order valence-electron chi connectivity index (χ3n) is 3.17. The summed E-state index contributed by atoms with van der Waals surface area (Å²) in [4.78, 5) is 23.4. The first kappa shape index (κ1) is 15.4. The molecule has 0 unspecified atom stereocenters. The van der Waals surface area contributed by atoms with Gasteiger partial charge in [0.2, 0.25) is 5.91 Å². The Morgan fingerprint density at radius 1 is 1.16 bits per heavy atom. The van der Waals surface area contributed by atoms with Gasteiger partial charge in [-0.05, 0) is 24.5 Å². The first-order chi connectivity index (χ1) is 8.80. The molecule has 3 heteroatoms. The summed E-state index contributed by atoms with van der Waals surface area (Å²) < 4.78 is 0. The molecule has 104 valence electrons. The van der Waals surface area contributed by atoms with E-state index in [1.165, 1.54) is 11.1 Å². The van der Waals surface area contributed by atoms with Gasteiger partial charge in [0.05, 0.1) is 6.54 Å². The zero-order valence-corrected chi connectivity index (χ0v) is 12.2. The summed E-state index contributed by atoms with van der Waals surface area (Å²) in [7, 11) is 0. The van der Waals surface area contributed by atoms with Crippen LogP contribution in [0, 0.1) is 12.3 Å². The molecule has 0 aliphatic rings. The van der Waals surface area contributed by atoms with Crippen molar-refractivity contribution in [2.24, 2.45) is 5.41 Å². The topological polar surface area (TPSA) is 46.2 Å². The van der Waals surface area contributed by atoms with E-state index in [1.54, 1.807) is 0 Å². The van der Waals surface area contributed by atoms with E-state index >= 15 is 0 Å². The van der Waals surface area contributed by atoms with E-state index in [0.717, 1.165) is 0 Å². The third kappa shape index (κ3) is 5.25. The van der Waals surface area contributed by atoms with Crippen LogP contribution in [-0.4, -0.2) is 18.2 Å². The predicted octanol–water partition coefficient (Wildman–Crippen LogP) is 2.66. The van der Waals surface area contributed by atoms with Crippen molar-refractivity contribution in [1.29, 1.82) is 0 Å². The van der Waals surface area contributed by atoms with Gasteiger partial charge in [0.15, 0.2) is 5.78 Å². The number of benzene rings is 1. The van der Waals surface area contributed by atoms with Gasteiger partial charge in [0, 0.05) is 11.8 Å². The van der Waals surface area contributed by atoms with Gasteiger partial charge in [-0.25, -0.2) is 0 Å². The minimum Gasteiger partial charge on any atom is -0.349 e. The average Bonchev–Trinajstić information content (AvgIpc) is 2.33. The maximum Gasteiger partial charge on any atom is 0.220 e. The summed E-state index contributed by atoms with van der Waals surface area (Å²) in [6.45, 7) is 7.73. The van der Waals surface area contributed by atoms with Crippen LogP contribution in [0.3, 0.4) is 0 Å². The Labute approximate surface area is 115 Å². The first-order valence-corrected chi connectivity index (χ1v) is 6.65. The molecule has 1 N–H and O–H groups in total. The second-order valence-corrected chi connectivity index (χ2v) is 5.88. The number of amides is 1. The van der Waals surface area contributed by atoms with Crippen molar-refractivity contribution in [3.63, 3.8) is 0 Å². The molecule has 1 aromatic carbocycles. The largest absolute Gasteiger partial charge is 0.349 e. The Hall–Kier alpha value is -1.64. The molecular weight excluding hydrogens is 238 g/mol. The standard InChI is InChI=1S/C16H23NO2/c1-12-7-5-6-8-13(12)9-10-15(19)17-11-14(18)16(2,3)4/h5-8H,9-11H2,1-4H3,(H,17,19). The number of hydrogen-bond acceptors (Lipinski definition) is 2. The number of rotatable bonds is 5. The van der Waals surface area contributed by atoms with Crippen LogP contribution in [0.2, 0.25) is 0 Å². The third-order valence-corrected chi connectivity index (χ3v) is 3.17. The van der Waals surface area contributed by atoms with Gasteiger partial charge >= 0.3 is 0 Å². The smallest absolute Gasteiger partial charge is 0.220 e. The Morgan fingerprint density at radius 2 is 1.79 bits per heavy atom. The van der Waals surface area contributed by atoms with Crippen molar-refractivity contribution in [3.8, 4) is 0 Å². The zero-order valence-electron chi connectivity index (χ0n) is 12.2. The lowest BCUT2D eigenvalue weighted by atomic mass is 9.91. The van der Waals surface area contributed by atoms with Gasteiger partial charge in [-0.2, -0.15) is 0 Å². The molecule has 0 radical (unpaired) electrons. The van der Waals surface area contributed by atoms with E-state index in [1.807, 2.05) is 52.0 Å². The van der Waals surface area contributed by atoms with E-state index in [2.05, 4.69) is 5.32 Å². The van der Waals surface area contributed by atoms with Gasteiger partial charge < -0.3 is 5.32 Å². The van der Waals surface area contributed by atoms with Gasteiger partial charge in [0.1, 0.15) is 0 Å². The summed E-state index contributed by atoms with van der Waals surface area (Å²) in [5, 5.41) is 2.69. The number of carbonyl (C=O) groups excluding carboxylic acids is 2. The monoisotopic (exact) mass is 261 g/mol. The molecule has 0 aliphatic heterocycles. The minimum atomic E-state index is -0.400. The average molecular weight is 261 g/mol. The predicted molar refractivity (Wildman–Crippen MR) is 77.0 cm³/mol. The van der Waals surface area contributed by atoms with Crippen molar-refractivity contribution in [2.75, 3.05) is 6.54 Å². The van der Waals surface area contributed by atoms with Crippen LogP contribution in [0.4, 0.5) is 0 Å². The number of hydrogen-bond donors (Lipinski definition) is 1. The summed E-state index contributed by atoms with van der Waals surface area (Å²) in [6.07, 6.45) is 1.13. The van der Waals surface area contributed by atoms with Crippen molar-refractivity contribution >= 4 is 11.7 Å². The SMILES string of the molecule is Cc1ccccc1CCC(=O)NCC(=O)C(C)(C)C. The van der Waals surface area contributed by atoms with Crippen molar-refractivity contribution < 1.29 is 9.59 Å². The van der Waals surface area contributed by atoms with Gasteiger partial charge in [-0.1, -0.05) is 45.0 Å². The molecule has 1 aromatic rings. The number of aryl methyl sites for hydroxylation is 2. The fourth-order valence-electron chi connectivity index (χ4n) is 1.67. The maximum absolute atomic E-state index is 11.7. The molecule has 0 aliphatic carbocycles. The fraction of sp³-hybridized carbons (Fsp3) is 0.500. The second kappa shape index (κ2) is 6.50. The van der Waals surface area contributed by atoms with Crippen LogP contribution < -0.4 is 5.32 Å². The van der Waals surface area contributed by atoms with Crippen LogP contribution in [0.5, 0.6) is 0 Å². The zero-order chi connectivity index (χ0) is 14.5. The summed E-state index contributed by atoms with van der Waals surface area (Å²) >= 11 is 0. The molecule has 0 aromatic heterocycles. The van der Waals surface area contributed by atoms with Crippen LogP contribution in [0.1, 0.15) is 38.3 Å². The molecule has 0 spiro atoms. The number of carbonyl (C=O) groups is 2. The van der Waals surface area contributed by atoms with E-state index in [0.29, 0.717) is 12.8 Å². The van der Waals surface area contributed by atoms with Gasteiger partial charge in [0.25, 0.3) is 0 Å². The lowest BCUT2D eigenvalue weighted by Gasteiger charge is -2.16. The maximum atomic E-state index is 11.7. The lowest BCUT2D eigenvalue weighted by Crippen LogP contribution is -2.35. The molecule has 0 saturated heterocycles. The molecular formula is C16H23NO2. The van der Waals surface area contributed by atoms with Crippen LogP contribution in [0.25, 0.3) is 0 Å². The highest BCUT2D eigenvalue weighted by atomic mass is 16.2. The van der Waals surface area contributed by atoms with Gasteiger partial charge in [-0.15, -0.1) is 0 Å². The normalized spacial score (nSPS) is 11.2. The Morgan fingerprint density at radius 3 is 2.37 bits per heavy atom. The highest BCUT2D eigenvalue weighted by Gasteiger charge is 2.21. The molecule has 3 nitrogen and oxygen atoms in total. The molecule has 19 heavy (non-hydrogen) atoms. The lowest BCUT2D eigenvalue weighted by molar-refractivity contribution is -0.129. The number of nitrogens with one attached hydrogen (secondary N) is 1. The fourth-order valence-corrected chi connectivity index (χ4v) is 1.67. The molecule has 1 amide bonds. The van der Waals surface area contributed by atoms with E-state index < -0.39 is 5.41 Å². The highest BCUT2D eigenvalue weighted by Crippen LogP contribution is 2.13. The Bertz CT molecular complexity index is 458. The Balaban J connectivity index is 2.37. The van der Waals surface area contributed by atoms with E-state index in [4.69, 9.17) is 0 Å². The van der Waals surface area contributed by atoms with Crippen molar-refractivity contribution in [2.45, 2.75) is 40.5 Å². The van der Waals surface area contributed by atoms with E-state index in [9.17, 15) is 9.59 Å². The molecule has 0 bridgehead atoms. The number of ketones is 1. The minimum absolute atomic E-state index is 0.0525. The number of Topliss-reactive ketones (excluding diaryl/α,β-unsaturated/α-hetero) is 1. The van der Waals surface area contributed by atoms with Crippen LogP contribution in [0.15, 0.2) is 24.3 Å². The van der Waals surface area contributed by atoms with Crippen LogP contribution >= 0.6 is 0 Å². The summed E-state index contributed by atoms with van der Waals surface area (Å²) in [5.41, 5.74) is 1.98. The molecule has 0 fully saturated rings. The van der Waals surface area contributed by atoms with Gasteiger partial charge in [-0.3, -0.25) is 9.59 Å².